The molecular weight excluding hydrogens is 468 g/mol. The highest BCUT2D eigenvalue weighted by atomic mass is 16.5. The van der Waals surface area contributed by atoms with Crippen LogP contribution in [0.15, 0.2) is 41.1 Å². The van der Waals surface area contributed by atoms with Crippen LogP contribution < -0.4 is 19.5 Å². The molecule has 10 heteroatoms. The van der Waals surface area contributed by atoms with Crippen LogP contribution in [0.3, 0.4) is 0 Å². The zero-order valence-corrected chi connectivity index (χ0v) is 20.5. The summed E-state index contributed by atoms with van der Waals surface area (Å²) in [6.07, 6.45) is 1.03. The molecule has 1 aromatic heterocycles. The first kappa shape index (κ1) is 26.3. The number of methoxy groups -OCH3 is 3. The van der Waals surface area contributed by atoms with Crippen molar-refractivity contribution in [1.82, 2.24) is 5.16 Å². The third-order valence-electron chi connectivity index (χ3n) is 5.54. The summed E-state index contributed by atoms with van der Waals surface area (Å²) in [6, 6.07) is 8.97. The minimum absolute atomic E-state index is 0.0461. The minimum Gasteiger partial charge on any atom is -0.495 e. The standard InChI is InChI=1S/C26H28N2O8/c1-15-11-17(13-22(34-3)26(15)35-4)25-19(14-36-28-25)16-5-8-21(33-2)20(12-16)27-23(30)9-6-18(29)7-10-24(31)32/h5,8,11-14H,6-7,9-10H2,1-4H3,(H,27,30)(H,31,32). The fraction of sp³-hybridized carbons (Fsp3) is 0.308. The Kier molecular flexibility index (Phi) is 8.66. The van der Waals surface area contributed by atoms with Crippen molar-refractivity contribution >= 4 is 23.3 Å². The molecule has 3 aromatic rings. The van der Waals surface area contributed by atoms with Crippen molar-refractivity contribution in [2.24, 2.45) is 0 Å². The van der Waals surface area contributed by atoms with E-state index in [-0.39, 0.29) is 31.5 Å². The average molecular weight is 497 g/mol. The number of ether oxygens (including phenoxy) is 3. The van der Waals surface area contributed by atoms with E-state index in [0.717, 1.165) is 11.1 Å². The van der Waals surface area contributed by atoms with Gasteiger partial charge in [0.1, 0.15) is 23.5 Å². The molecule has 0 bridgehead atoms. The van der Waals surface area contributed by atoms with Crippen LogP contribution in [0.5, 0.6) is 17.2 Å². The number of aryl methyl sites for hydroxylation is 1. The summed E-state index contributed by atoms with van der Waals surface area (Å²) in [6.45, 7) is 1.90. The van der Waals surface area contributed by atoms with Crippen LogP contribution in [0.25, 0.3) is 22.4 Å². The Morgan fingerprint density at radius 1 is 0.917 bits per heavy atom. The summed E-state index contributed by atoms with van der Waals surface area (Å²) < 4.78 is 21.5. The number of ketones is 1. The number of nitrogens with one attached hydrogen (secondary N) is 1. The van der Waals surface area contributed by atoms with E-state index in [1.54, 1.807) is 32.4 Å². The molecule has 1 heterocycles. The fourth-order valence-electron chi connectivity index (χ4n) is 3.75. The number of carbonyl (C=O) groups excluding carboxylic acids is 2. The molecule has 0 fully saturated rings. The zero-order valence-electron chi connectivity index (χ0n) is 20.5. The van der Waals surface area contributed by atoms with Crippen LogP contribution in [-0.4, -0.2) is 49.3 Å². The van der Waals surface area contributed by atoms with Crippen LogP contribution >= 0.6 is 0 Å². The SMILES string of the molecule is COc1ccc(-c2conc2-c2cc(C)c(OC)c(OC)c2)cc1NC(=O)CCC(=O)CCC(=O)O. The number of carboxylic acid groups (broad SMARTS) is 1. The van der Waals surface area contributed by atoms with Gasteiger partial charge in [0.2, 0.25) is 5.91 Å². The van der Waals surface area contributed by atoms with E-state index in [2.05, 4.69) is 10.5 Å². The number of carbonyl (C=O) groups is 3. The van der Waals surface area contributed by atoms with Gasteiger partial charge in [-0.05, 0) is 42.3 Å². The summed E-state index contributed by atoms with van der Waals surface area (Å²) in [5, 5.41) is 15.6. The summed E-state index contributed by atoms with van der Waals surface area (Å²) >= 11 is 0. The lowest BCUT2D eigenvalue weighted by Gasteiger charge is -2.14. The molecule has 0 radical (unpaired) electrons. The lowest BCUT2D eigenvalue weighted by Crippen LogP contribution is -2.14. The second-order valence-corrected chi connectivity index (χ2v) is 8.00. The van der Waals surface area contributed by atoms with Crippen LogP contribution in [0.1, 0.15) is 31.2 Å². The van der Waals surface area contributed by atoms with Gasteiger partial charge in [0.15, 0.2) is 11.5 Å². The molecule has 2 N–H and O–H groups in total. The van der Waals surface area contributed by atoms with E-state index >= 15 is 0 Å². The molecule has 0 aliphatic carbocycles. The fourth-order valence-corrected chi connectivity index (χ4v) is 3.75. The summed E-state index contributed by atoms with van der Waals surface area (Å²) in [5.74, 6) is -0.109. The molecule has 0 aliphatic heterocycles. The first-order valence-corrected chi connectivity index (χ1v) is 11.2. The number of aromatic nitrogens is 1. The van der Waals surface area contributed by atoms with Crippen LogP contribution in [-0.2, 0) is 14.4 Å². The maximum Gasteiger partial charge on any atom is 0.303 e. The quantitative estimate of drug-likeness (QED) is 0.371. The van der Waals surface area contributed by atoms with E-state index in [4.69, 9.17) is 23.8 Å². The minimum atomic E-state index is -1.05. The Balaban J connectivity index is 1.85. The van der Waals surface area contributed by atoms with Crippen molar-refractivity contribution in [2.75, 3.05) is 26.6 Å². The number of hydrogen-bond donors (Lipinski definition) is 2. The molecule has 36 heavy (non-hydrogen) atoms. The molecule has 2 aromatic carbocycles. The van der Waals surface area contributed by atoms with Crippen LogP contribution in [0.2, 0.25) is 0 Å². The molecule has 190 valence electrons. The molecular formula is C26H28N2O8. The lowest BCUT2D eigenvalue weighted by molar-refractivity contribution is -0.138. The van der Waals surface area contributed by atoms with Gasteiger partial charge in [-0.15, -0.1) is 0 Å². The van der Waals surface area contributed by atoms with E-state index in [1.165, 1.54) is 13.4 Å². The monoisotopic (exact) mass is 496 g/mol. The highest BCUT2D eigenvalue weighted by molar-refractivity contribution is 5.96. The van der Waals surface area contributed by atoms with Crippen LogP contribution in [0.4, 0.5) is 5.69 Å². The predicted octanol–water partition coefficient (Wildman–Crippen LogP) is 4.50. The maximum atomic E-state index is 12.5. The zero-order chi connectivity index (χ0) is 26.2. The first-order valence-electron chi connectivity index (χ1n) is 11.2. The molecule has 0 saturated heterocycles. The number of benzene rings is 2. The molecule has 0 unspecified atom stereocenters. The van der Waals surface area contributed by atoms with Crippen molar-refractivity contribution in [3.05, 3.63) is 42.2 Å². The molecule has 0 aliphatic rings. The Hall–Kier alpha value is -4.34. The molecule has 0 atom stereocenters. The number of aliphatic carboxylic acids is 1. The van der Waals surface area contributed by atoms with Gasteiger partial charge in [0.25, 0.3) is 0 Å². The lowest BCUT2D eigenvalue weighted by atomic mass is 9.99. The second kappa shape index (κ2) is 11.9. The number of hydrogen-bond acceptors (Lipinski definition) is 8. The number of amides is 1. The molecule has 0 spiro atoms. The predicted molar refractivity (Wildman–Crippen MR) is 132 cm³/mol. The Morgan fingerprint density at radius 3 is 2.31 bits per heavy atom. The number of anilines is 1. The summed E-state index contributed by atoms with van der Waals surface area (Å²) in [7, 11) is 4.62. The van der Waals surface area contributed by atoms with Crippen molar-refractivity contribution in [1.29, 1.82) is 0 Å². The third kappa shape index (κ3) is 6.21. The van der Waals surface area contributed by atoms with Crippen LogP contribution in [0, 0.1) is 6.92 Å². The topological polar surface area (TPSA) is 137 Å². The molecule has 1 amide bonds. The van der Waals surface area contributed by atoms with Gasteiger partial charge in [0.05, 0.1) is 33.4 Å². The highest BCUT2D eigenvalue weighted by Crippen LogP contribution is 2.40. The van der Waals surface area contributed by atoms with Gasteiger partial charge in [-0.2, -0.15) is 0 Å². The Labute approximate surface area is 208 Å². The van der Waals surface area contributed by atoms with Gasteiger partial charge >= 0.3 is 5.97 Å². The Bertz CT molecular complexity index is 1260. The largest absolute Gasteiger partial charge is 0.495 e. The number of rotatable bonds is 12. The number of nitrogens with zero attached hydrogens (tertiary/aromatic N) is 1. The van der Waals surface area contributed by atoms with E-state index < -0.39 is 11.9 Å². The molecule has 0 saturated carbocycles. The average Bonchev–Trinajstić information content (AvgIpc) is 3.35. The van der Waals surface area contributed by atoms with Crippen molar-refractivity contribution in [2.45, 2.75) is 32.6 Å². The smallest absolute Gasteiger partial charge is 0.303 e. The van der Waals surface area contributed by atoms with Gasteiger partial charge in [-0.1, -0.05) is 11.2 Å². The van der Waals surface area contributed by atoms with Gasteiger partial charge in [-0.3, -0.25) is 14.4 Å². The van der Waals surface area contributed by atoms with Gasteiger partial charge < -0.3 is 29.2 Å². The van der Waals surface area contributed by atoms with Crippen molar-refractivity contribution < 1.29 is 38.2 Å². The van der Waals surface area contributed by atoms with Gasteiger partial charge in [0, 0.05) is 30.4 Å². The maximum absolute atomic E-state index is 12.5. The second-order valence-electron chi connectivity index (χ2n) is 8.00. The third-order valence-corrected chi connectivity index (χ3v) is 5.54. The summed E-state index contributed by atoms with van der Waals surface area (Å²) in [4.78, 5) is 34.9. The number of Topliss-reactive ketones (excluding diaryl/α,β-unsaturated/α-hetero) is 1. The van der Waals surface area contributed by atoms with E-state index in [9.17, 15) is 14.4 Å². The van der Waals surface area contributed by atoms with E-state index in [1.807, 2.05) is 19.1 Å². The molecule has 3 rings (SSSR count). The van der Waals surface area contributed by atoms with E-state index in [0.29, 0.717) is 39.8 Å². The highest BCUT2D eigenvalue weighted by Gasteiger charge is 2.19. The van der Waals surface area contributed by atoms with Gasteiger partial charge in [-0.25, -0.2) is 0 Å². The summed E-state index contributed by atoms with van der Waals surface area (Å²) in [5.41, 5.74) is 4.01. The first-order chi connectivity index (χ1) is 17.3. The number of carboxylic acids is 1. The normalized spacial score (nSPS) is 10.6. The molecule has 10 nitrogen and oxygen atoms in total. The Morgan fingerprint density at radius 2 is 1.64 bits per heavy atom. The van der Waals surface area contributed by atoms with Crippen molar-refractivity contribution in [3.63, 3.8) is 0 Å². The van der Waals surface area contributed by atoms with Crippen molar-refractivity contribution in [3.8, 4) is 39.6 Å².